The van der Waals surface area contributed by atoms with Crippen LogP contribution in [0.3, 0.4) is 0 Å². The molecule has 0 aromatic heterocycles. The Labute approximate surface area is 89.9 Å². The van der Waals surface area contributed by atoms with E-state index in [-0.39, 0.29) is 0 Å². The van der Waals surface area contributed by atoms with Gasteiger partial charge in [0.2, 0.25) is 0 Å². The topological polar surface area (TPSA) is 0 Å². The van der Waals surface area contributed by atoms with Crippen LogP contribution < -0.4 is 0 Å². The zero-order valence-electron chi connectivity index (χ0n) is 6.61. The van der Waals surface area contributed by atoms with E-state index in [0.29, 0.717) is 0 Å². The van der Waals surface area contributed by atoms with Gasteiger partial charge in [0.25, 0.3) is 0 Å². The Morgan fingerprint density at radius 3 is 1.82 bits per heavy atom. The van der Waals surface area contributed by atoms with E-state index in [0.717, 1.165) is 9.10 Å². The van der Waals surface area contributed by atoms with Crippen molar-refractivity contribution in [3.8, 4) is 0 Å². The minimum absolute atomic E-state index is 0.786. The molecule has 1 saturated heterocycles. The molecule has 0 nitrogen and oxygen atoms in total. The van der Waals surface area contributed by atoms with Crippen LogP contribution in [-0.4, -0.2) is 20.6 Å². The molecule has 0 amide bonds. The van der Waals surface area contributed by atoms with E-state index < -0.39 is 0 Å². The quantitative estimate of drug-likeness (QED) is 0.542. The predicted molar refractivity (Wildman–Crippen MR) is 70.5 cm³/mol. The van der Waals surface area contributed by atoms with Crippen LogP contribution >= 0.6 is 56.0 Å². The molecule has 0 bridgehead atoms. The van der Waals surface area contributed by atoms with Gasteiger partial charge in [0.05, 0.1) is 0 Å². The van der Waals surface area contributed by atoms with Gasteiger partial charge in [-0.15, -0.1) is 21.3 Å². The molecule has 0 saturated carbocycles. The molecule has 1 aliphatic heterocycles. The zero-order chi connectivity index (χ0) is 8.10. The van der Waals surface area contributed by atoms with Gasteiger partial charge in [0, 0.05) is 0 Å². The van der Waals surface area contributed by atoms with Gasteiger partial charge in [-0.1, -0.05) is 13.8 Å². The first-order valence-corrected chi connectivity index (χ1v) is 8.89. The smallest absolute Gasteiger partial charge is 0.205 e. The van der Waals surface area contributed by atoms with E-state index in [9.17, 15) is 0 Å². The Balaban J connectivity index is 2.12. The lowest BCUT2D eigenvalue weighted by atomic mass is 10.6. The highest BCUT2D eigenvalue weighted by Gasteiger charge is 2.33. The highest BCUT2D eigenvalue weighted by molar-refractivity contribution is 9.23. The maximum absolute atomic E-state index is 2.23. The molecular formula is C4H10B2S5. The molecule has 1 heterocycles. The summed E-state index contributed by atoms with van der Waals surface area (Å²) >= 11 is 6.23. The molecule has 7 heteroatoms. The molecule has 1 fully saturated rings. The summed E-state index contributed by atoms with van der Waals surface area (Å²) in [5, 5.41) is 0. The van der Waals surface area contributed by atoms with Crippen molar-refractivity contribution in [3.05, 3.63) is 0 Å². The third-order valence-electron chi connectivity index (χ3n) is 1.04. The average molecular weight is 240 g/mol. The van der Waals surface area contributed by atoms with Crippen LogP contribution in [0.5, 0.6) is 0 Å². The Morgan fingerprint density at radius 2 is 1.45 bits per heavy atom. The second-order valence-corrected chi connectivity index (χ2v) is 10.1. The maximum Gasteiger partial charge on any atom is 0.342 e. The van der Waals surface area contributed by atoms with Gasteiger partial charge in [-0.3, -0.25) is 0 Å². The minimum atomic E-state index is 0.786. The summed E-state index contributed by atoms with van der Waals surface area (Å²) in [4.78, 5) is 0. The van der Waals surface area contributed by atoms with Crippen molar-refractivity contribution in [1.29, 1.82) is 0 Å². The molecule has 62 valence electrons. The summed E-state index contributed by atoms with van der Waals surface area (Å²) in [5.41, 5.74) is 0. The molecule has 0 spiro atoms. The lowest BCUT2D eigenvalue weighted by Gasteiger charge is -2.00. The SMILES string of the molecule is CCSB1SSB(SCC)S1. The summed E-state index contributed by atoms with van der Waals surface area (Å²) in [6.45, 7) is 4.47. The van der Waals surface area contributed by atoms with Crippen LogP contribution in [0.4, 0.5) is 0 Å². The largest absolute Gasteiger partial charge is 0.342 e. The number of hydrogen-bond donors (Lipinski definition) is 0. The van der Waals surface area contributed by atoms with E-state index in [4.69, 9.17) is 0 Å². The van der Waals surface area contributed by atoms with Crippen LogP contribution in [-0.2, 0) is 0 Å². The zero-order valence-corrected chi connectivity index (χ0v) is 10.7. The van der Waals surface area contributed by atoms with E-state index >= 15 is 0 Å². The summed E-state index contributed by atoms with van der Waals surface area (Å²) in [7, 11) is 4.07. The van der Waals surface area contributed by atoms with Crippen LogP contribution in [0.2, 0.25) is 0 Å². The lowest BCUT2D eigenvalue weighted by Crippen LogP contribution is -1.97. The fourth-order valence-corrected chi connectivity index (χ4v) is 10.8. The van der Waals surface area contributed by atoms with E-state index in [2.05, 4.69) is 48.5 Å². The fraction of sp³-hybridized carbons (Fsp3) is 1.00. The molecule has 1 aliphatic rings. The summed E-state index contributed by atoms with van der Waals surface area (Å²) in [6, 6.07) is 0. The van der Waals surface area contributed by atoms with Gasteiger partial charge in [0.15, 0.2) is 0 Å². The molecular weight excluding hydrogens is 230 g/mol. The second kappa shape index (κ2) is 6.35. The highest BCUT2D eigenvalue weighted by atomic mass is 33.1. The molecule has 0 N–H and O–H groups in total. The van der Waals surface area contributed by atoms with Crippen molar-refractivity contribution >= 4 is 65.1 Å². The molecule has 0 atom stereocenters. The fourth-order valence-electron chi connectivity index (χ4n) is 0.633. The van der Waals surface area contributed by atoms with Crippen molar-refractivity contribution in [2.75, 3.05) is 11.5 Å². The average Bonchev–Trinajstić information content (AvgIpc) is 2.38. The van der Waals surface area contributed by atoms with Crippen LogP contribution in [0.25, 0.3) is 0 Å². The monoisotopic (exact) mass is 240 g/mol. The second-order valence-electron chi connectivity index (χ2n) is 1.82. The molecule has 0 radical (unpaired) electrons. The molecule has 0 unspecified atom stereocenters. The molecule has 0 aromatic rings. The van der Waals surface area contributed by atoms with Gasteiger partial charge in [-0.05, 0) is 11.5 Å². The van der Waals surface area contributed by atoms with Crippen molar-refractivity contribution < 1.29 is 0 Å². The normalized spacial score (nSPS) is 18.0. The molecule has 0 aromatic carbocycles. The van der Waals surface area contributed by atoms with Gasteiger partial charge in [0.1, 0.15) is 0 Å². The van der Waals surface area contributed by atoms with E-state index in [1.165, 1.54) is 11.5 Å². The first-order valence-electron chi connectivity index (χ1n) is 3.57. The Bertz CT molecular complexity index is 101. The Kier molecular flexibility index (Phi) is 6.33. The summed E-state index contributed by atoms with van der Waals surface area (Å²) in [6.07, 6.45) is 0. The highest BCUT2D eigenvalue weighted by Crippen LogP contribution is 2.53. The standard InChI is InChI=1S/C4H10B2S5/c1-3-7-5-9-6(8-4-2)11-10-5/h3-4H2,1-2H3. The van der Waals surface area contributed by atoms with E-state index in [1.807, 2.05) is 21.3 Å². The first-order chi connectivity index (χ1) is 5.36. The lowest BCUT2D eigenvalue weighted by molar-refractivity contribution is 1.54. The molecule has 11 heavy (non-hydrogen) atoms. The van der Waals surface area contributed by atoms with Crippen molar-refractivity contribution in [3.63, 3.8) is 0 Å². The van der Waals surface area contributed by atoms with Crippen LogP contribution in [0.15, 0.2) is 0 Å². The van der Waals surface area contributed by atoms with Crippen molar-refractivity contribution in [2.45, 2.75) is 13.8 Å². The summed E-state index contributed by atoms with van der Waals surface area (Å²) in [5.74, 6) is 2.49. The maximum atomic E-state index is 2.23. The van der Waals surface area contributed by atoms with Gasteiger partial charge in [-0.25, -0.2) is 11.5 Å². The molecule has 0 aliphatic carbocycles. The van der Waals surface area contributed by atoms with Gasteiger partial charge < -0.3 is 0 Å². The van der Waals surface area contributed by atoms with Gasteiger partial charge in [-0.2, -0.15) is 23.2 Å². The Morgan fingerprint density at radius 1 is 1.00 bits per heavy atom. The number of hydrogen-bond acceptors (Lipinski definition) is 5. The first kappa shape index (κ1) is 11.0. The van der Waals surface area contributed by atoms with E-state index in [1.54, 1.807) is 0 Å². The predicted octanol–water partition coefficient (Wildman–Crippen LogP) is 3.59. The Hall–Kier alpha value is 1.88. The van der Waals surface area contributed by atoms with Crippen molar-refractivity contribution in [1.82, 2.24) is 0 Å². The third kappa shape index (κ3) is 4.07. The molecule has 1 rings (SSSR count). The minimum Gasteiger partial charge on any atom is -0.205 e. The van der Waals surface area contributed by atoms with Crippen molar-refractivity contribution in [2.24, 2.45) is 0 Å². The summed E-state index contributed by atoms with van der Waals surface area (Å²) < 4.78 is 1.57. The van der Waals surface area contributed by atoms with Gasteiger partial charge >= 0.3 is 9.10 Å². The van der Waals surface area contributed by atoms with Crippen LogP contribution in [0.1, 0.15) is 13.8 Å². The number of rotatable bonds is 4. The van der Waals surface area contributed by atoms with Crippen LogP contribution in [0, 0.1) is 0 Å². The third-order valence-corrected chi connectivity index (χ3v) is 10.2.